The molecule has 1 amide bonds. The van der Waals surface area contributed by atoms with Crippen LogP contribution in [0, 0.1) is 6.92 Å². The summed E-state index contributed by atoms with van der Waals surface area (Å²) in [7, 11) is 1.52. The van der Waals surface area contributed by atoms with Crippen LogP contribution >= 0.6 is 0 Å². The number of hydrogen-bond acceptors (Lipinski definition) is 6. The van der Waals surface area contributed by atoms with E-state index in [9.17, 15) is 14.7 Å². The Kier molecular flexibility index (Phi) is 6.22. The van der Waals surface area contributed by atoms with E-state index in [0.29, 0.717) is 40.9 Å². The molecule has 2 aromatic carbocycles. The molecule has 2 heterocycles. The molecule has 1 aromatic heterocycles. The molecule has 1 aliphatic rings. The number of carbonyl (C=O) groups excluding carboxylic acids is 2. The van der Waals surface area contributed by atoms with Gasteiger partial charge in [-0.25, -0.2) is 0 Å². The van der Waals surface area contributed by atoms with Crippen LogP contribution in [0.3, 0.4) is 0 Å². The third kappa shape index (κ3) is 4.22. The number of nitrogens with zero attached hydrogens (tertiary/aromatic N) is 1. The Bertz CT molecular complexity index is 1220. The second-order valence-electron chi connectivity index (χ2n) is 7.70. The van der Waals surface area contributed by atoms with Gasteiger partial charge in [-0.05, 0) is 49.7 Å². The van der Waals surface area contributed by atoms with E-state index in [1.165, 1.54) is 12.0 Å². The number of rotatable bonds is 7. The number of amides is 1. The number of carbonyl (C=O) groups is 2. The summed E-state index contributed by atoms with van der Waals surface area (Å²) in [6, 6.07) is 16.2. The average Bonchev–Trinajstić information content (AvgIpc) is 3.38. The monoisotopic (exact) mass is 447 g/mol. The minimum absolute atomic E-state index is 0.0511. The summed E-state index contributed by atoms with van der Waals surface area (Å²) in [6.45, 7) is 4.29. The first-order valence-corrected chi connectivity index (χ1v) is 10.7. The van der Waals surface area contributed by atoms with Gasteiger partial charge in [-0.3, -0.25) is 14.5 Å². The second kappa shape index (κ2) is 9.24. The predicted octanol–water partition coefficient (Wildman–Crippen LogP) is 5.01. The van der Waals surface area contributed by atoms with Gasteiger partial charge in [0.25, 0.3) is 11.7 Å². The molecule has 1 atom stereocenters. The summed E-state index contributed by atoms with van der Waals surface area (Å²) in [4.78, 5) is 27.7. The zero-order valence-electron chi connectivity index (χ0n) is 18.7. The van der Waals surface area contributed by atoms with Gasteiger partial charge in [-0.15, -0.1) is 0 Å². The van der Waals surface area contributed by atoms with E-state index in [1.54, 1.807) is 67.6 Å². The molecule has 0 spiro atoms. The molecule has 7 heteroatoms. The quantitative estimate of drug-likeness (QED) is 0.311. The Labute approximate surface area is 191 Å². The number of Topliss-reactive ketones (excluding diaryl/α,β-unsaturated/α-hetero) is 1. The lowest BCUT2D eigenvalue weighted by Gasteiger charge is -2.23. The van der Waals surface area contributed by atoms with Crippen molar-refractivity contribution in [2.75, 3.05) is 18.6 Å². The molecule has 7 nitrogen and oxygen atoms in total. The van der Waals surface area contributed by atoms with Gasteiger partial charge in [-0.2, -0.15) is 0 Å². The van der Waals surface area contributed by atoms with E-state index in [2.05, 4.69) is 0 Å². The van der Waals surface area contributed by atoms with E-state index >= 15 is 0 Å². The molecule has 3 aromatic rings. The first-order valence-electron chi connectivity index (χ1n) is 10.7. The minimum atomic E-state index is -0.939. The Morgan fingerprint density at radius 3 is 2.52 bits per heavy atom. The van der Waals surface area contributed by atoms with Crippen LogP contribution in [0.2, 0.25) is 0 Å². The molecule has 33 heavy (non-hydrogen) atoms. The van der Waals surface area contributed by atoms with Crippen molar-refractivity contribution in [3.05, 3.63) is 83.3 Å². The van der Waals surface area contributed by atoms with Gasteiger partial charge in [0.1, 0.15) is 34.8 Å². The number of aliphatic hydroxyl groups excluding tert-OH is 1. The summed E-state index contributed by atoms with van der Waals surface area (Å²) in [6.07, 6.45) is 0.833. The van der Waals surface area contributed by atoms with E-state index < -0.39 is 17.7 Å². The molecule has 4 rings (SSSR count). The van der Waals surface area contributed by atoms with Gasteiger partial charge in [0.2, 0.25) is 0 Å². The lowest BCUT2D eigenvalue weighted by atomic mass is 9.99. The first kappa shape index (κ1) is 22.2. The second-order valence-corrected chi connectivity index (χ2v) is 7.70. The predicted molar refractivity (Wildman–Crippen MR) is 123 cm³/mol. The van der Waals surface area contributed by atoms with E-state index in [-0.39, 0.29) is 11.3 Å². The standard InChI is InChI=1S/C26H25NO6/c1-4-13-32-20-10-5-7-17(14-20)24(28)22-23(21-12-11-16(2)33-21)27(26(30)25(22)29)18-8-6-9-19(15-18)31-3/h5-12,14-15,23,28H,4,13H2,1-3H3/b24-22-. The largest absolute Gasteiger partial charge is 0.507 e. The highest BCUT2D eigenvalue weighted by molar-refractivity contribution is 6.51. The first-order chi connectivity index (χ1) is 15.9. The topological polar surface area (TPSA) is 89.2 Å². The normalized spacial score (nSPS) is 17.4. The molecule has 1 fully saturated rings. The van der Waals surface area contributed by atoms with Crippen molar-refractivity contribution < 1.29 is 28.6 Å². The Hall–Kier alpha value is -4.00. The van der Waals surface area contributed by atoms with Crippen molar-refractivity contribution in [2.45, 2.75) is 26.3 Å². The lowest BCUT2D eigenvalue weighted by molar-refractivity contribution is -0.132. The molecule has 1 saturated heterocycles. The molecule has 1 unspecified atom stereocenters. The summed E-state index contributed by atoms with van der Waals surface area (Å²) < 4.78 is 16.8. The van der Waals surface area contributed by atoms with Crippen LogP contribution in [-0.4, -0.2) is 30.5 Å². The maximum atomic E-state index is 13.2. The highest BCUT2D eigenvalue weighted by Crippen LogP contribution is 2.43. The number of anilines is 1. The fraction of sp³-hybridized carbons (Fsp3) is 0.231. The minimum Gasteiger partial charge on any atom is -0.507 e. The Balaban J connectivity index is 1.87. The molecular formula is C26H25NO6. The highest BCUT2D eigenvalue weighted by Gasteiger charge is 2.48. The van der Waals surface area contributed by atoms with Crippen molar-refractivity contribution in [3.8, 4) is 11.5 Å². The van der Waals surface area contributed by atoms with Crippen LogP contribution in [0.25, 0.3) is 5.76 Å². The number of ketones is 1. The fourth-order valence-corrected chi connectivity index (χ4v) is 3.84. The molecule has 0 radical (unpaired) electrons. The number of hydrogen-bond donors (Lipinski definition) is 1. The number of benzene rings is 2. The molecular weight excluding hydrogens is 422 g/mol. The maximum Gasteiger partial charge on any atom is 0.300 e. The van der Waals surface area contributed by atoms with E-state index in [0.717, 1.165) is 6.42 Å². The van der Waals surface area contributed by atoms with Crippen molar-refractivity contribution in [2.24, 2.45) is 0 Å². The summed E-state index contributed by atoms with van der Waals surface area (Å²) in [5.41, 5.74) is 0.778. The van der Waals surface area contributed by atoms with Crippen LogP contribution < -0.4 is 14.4 Å². The van der Waals surface area contributed by atoms with Crippen LogP contribution in [0.4, 0.5) is 5.69 Å². The number of ether oxygens (including phenoxy) is 2. The van der Waals surface area contributed by atoms with Gasteiger partial charge in [0, 0.05) is 17.3 Å². The molecule has 0 saturated carbocycles. The number of furan rings is 1. The zero-order chi connectivity index (χ0) is 23.5. The SMILES string of the molecule is CCCOc1cccc(/C(O)=C2/C(=O)C(=O)N(c3cccc(OC)c3)C2c2ccc(C)o2)c1. The van der Waals surface area contributed by atoms with Crippen molar-refractivity contribution >= 4 is 23.1 Å². The molecule has 1 aliphatic heterocycles. The van der Waals surface area contributed by atoms with E-state index in [4.69, 9.17) is 13.9 Å². The van der Waals surface area contributed by atoms with Gasteiger partial charge in [0.05, 0.1) is 19.3 Å². The van der Waals surface area contributed by atoms with Gasteiger partial charge >= 0.3 is 0 Å². The van der Waals surface area contributed by atoms with Crippen LogP contribution in [0.15, 0.2) is 70.7 Å². The van der Waals surface area contributed by atoms with Crippen LogP contribution in [0.1, 0.15) is 36.5 Å². The van der Waals surface area contributed by atoms with Crippen molar-refractivity contribution in [1.29, 1.82) is 0 Å². The summed E-state index contributed by atoms with van der Waals surface area (Å²) in [5, 5.41) is 11.2. The smallest absolute Gasteiger partial charge is 0.300 e. The van der Waals surface area contributed by atoms with Crippen LogP contribution in [-0.2, 0) is 9.59 Å². The third-order valence-electron chi connectivity index (χ3n) is 5.39. The van der Waals surface area contributed by atoms with Gasteiger partial charge in [-0.1, -0.05) is 25.1 Å². The summed E-state index contributed by atoms with van der Waals surface area (Å²) in [5.74, 6) is 0.236. The van der Waals surface area contributed by atoms with Gasteiger partial charge < -0.3 is 19.0 Å². The highest BCUT2D eigenvalue weighted by atomic mass is 16.5. The van der Waals surface area contributed by atoms with E-state index in [1.807, 2.05) is 6.92 Å². The molecule has 0 aliphatic carbocycles. The number of aryl methyl sites for hydroxylation is 1. The average molecular weight is 447 g/mol. The lowest BCUT2D eigenvalue weighted by Crippen LogP contribution is -2.29. The molecule has 170 valence electrons. The number of aliphatic hydroxyl groups is 1. The van der Waals surface area contributed by atoms with Crippen molar-refractivity contribution in [1.82, 2.24) is 0 Å². The van der Waals surface area contributed by atoms with Gasteiger partial charge in [0.15, 0.2) is 0 Å². The Morgan fingerprint density at radius 2 is 1.82 bits per heavy atom. The molecule has 1 N–H and O–H groups in total. The fourth-order valence-electron chi connectivity index (χ4n) is 3.84. The maximum absolute atomic E-state index is 13.2. The molecule has 0 bridgehead atoms. The zero-order valence-corrected chi connectivity index (χ0v) is 18.7. The van der Waals surface area contributed by atoms with Crippen molar-refractivity contribution in [3.63, 3.8) is 0 Å². The Morgan fingerprint density at radius 1 is 1.06 bits per heavy atom. The number of methoxy groups -OCH3 is 1. The van der Waals surface area contributed by atoms with Crippen LogP contribution in [0.5, 0.6) is 11.5 Å². The third-order valence-corrected chi connectivity index (χ3v) is 5.39. The summed E-state index contributed by atoms with van der Waals surface area (Å²) >= 11 is 0.